The number of hydrogen-bond donors (Lipinski definition) is 0. The van der Waals surface area contributed by atoms with E-state index in [4.69, 9.17) is 16.7 Å². The fraction of sp³-hybridized carbons (Fsp3) is 0.227. The number of nitrogens with zero attached hydrogens (tertiary/aromatic N) is 3. The van der Waals surface area contributed by atoms with Crippen LogP contribution in [0.5, 0.6) is 0 Å². The van der Waals surface area contributed by atoms with Gasteiger partial charge in [0.15, 0.2) is 0 Å². The molecule has 1 aliphatic carbocycles. The molecule has 2 atom stereocenters. The smallest absolute Gasteiger partial charge is 0.267 e. The second-order valence-electron chi connectivity index (χ2n) is 7.12. The summed E-state index contributed by atoms with van der Waals surface area (Å²) >= 11 is 9.62. The van der Waals surface area contributed by atoms with Gasteiger partial charge in [0.2, 0.25) is 0 Å². The highest BCUT2D eigenvalue weighted by Gasteiger charge is 2.44. The lowest BCUT2D eigenvalue weighted by Crippen LogP contribution is -2.31. The number of carbonyl (C=O) groups excluding carboxylic acids is 1. The van der Waals surface area contributed by atoms with Gasteiger partial charge in [-0.2, -0.15) is 5.10 Å². The number of thiophene rings is 2. The van der Waals surface area contributed by atoms with E-state index in [0.717, 1.165) is 29.9 Å². The first-order chi connectivity index (χ1) is 14.2. The molecule has 0 spiro atoms. The van der Waals surface area contributed by atoms with E-state index in [-0.39, 0.29) is 23.0 Å². The Morgan fingerprint density at radius 2 is 2.03 bits per heavy atom. The van der Waals surface area contributed by atoms with Crippen molar-refractivity contribution >= 4 is 52.0 Å². The predicted octanol–water partition coefficient (Wildman–Crippen LogP) is 6.29. The Balaban J connectivity index is 1.59. The van der Waals surface area contributed by atoms with Crippen LogP contribution >= 0.6 is 34.3 Å². The third-order valence-corrected chi connectivity index (χ3v) is 7.46. The van der Waals surface area contributed by atoms with E-state index in [1.165, 1.54) is 10.5 Å². The van der Waals surface area contributed by atoms with Crippen LogP contribution in [0.2, 0.25) is 5.15 Å². The monoisotopic (exact) mass is 439 g/mol. The maximum atomic E-state index is 13.4. The summed E-state index contributed by atoms with van der Waals surface area (Å²) in [5.41, 5.74) is 2.66. The van der Waals surface area contributed by atoms with Crippen LogP contribution in [0.15, 0.2) is 64.0 Å². The maximum Gasteiger partial charge on any atom is 0.277 e. The number of fused-ring (bicyclic) bond motifs is 1. The normalized spacial score (nSPS) is 22.6. The second kappa shape index (κ2) is 7.86. The van der Waals surface area contributed by atoms with Crippen LogP contribution in [-0.4, -0.2) is 21.6 Å². The van der Waals surface area contributed by atoms with Crippen molar-refractivity contribution in [3.05, 3.63) is 79.4 Å². The highest BCUT2D eigenvalue weighted by Crippen LogP contribution is 2.46. The maximum absolute atomic E-state index is 13.4. The Hall–Kier alpha value is -2.28. The highest BCUT2D eigenvalue weighted by molar-refractivity contribution is 7.11. The molecule has 4 heterocycles. The van der Waals surface area contributed by atoms with Gasteiger partial charge in [-0.25, -0.2) is 9.99 Å². The van der Waals surface area contributed by atoms with Gasteiger partial charge in [0.25, 0.3) is 5.91 Å². The summed E-state index contributed by atoms with van der Waals surface area (Å²) in [5.74, 6) is 0.00637. The summed E-state index contributed by atoms with van der Waals surface area (Å²) in [4.78, 5) is 19.9. The number of carbonyl (C=O) groups is 1. The molecule has 1 saturated carbocycles. The first-order valence-corrected chi connectivity index (χ1v) is 11.7. The number of pyridine rings is 1. The predicted molar refractivity (Wildman–Crippen MR) is 120 cm³/mol. The zero-order valence-electron chi connectivity index (χ0n) is 15.5. The van der Waals surface area contributed by atoms with E-state index in [1.807, 2.05) is 6.07 Å². The molecular weight excluding hydrogens is 422 g/mol. The van der Waals surface area contributed by atoms with Crippen LogP contribution in [0.4, 0.5) is 0 Å². The Bertz CT molecular complexity index is 1090. The number of halogens is 1. The van der Waals surface area contributed by atoms with Gasteiger partial charge in [-0.3, -0.25) is 4.79 Å². The van der Waals surface area contributed by atoms with Gasteiger partial charge in [-0.1, -0.05) is 23.7 Å². The summed E-state index contributed by atoms with van der Waals surface area (Å²) in [6, 6.07) is 11.7. The van der Waals surface area contributed by atoms with Gasteiger partial charge in [0.05, 0.1) is 17.3 Å². The lowest BCUT2D eigenvalue weighted by molar-refractivity contribution is 0.0684. The minimum absolute atomic E-state index is 0.0965. The van der Waals surface area contributed by atoms with Crippen molar-refractivity contribution < 1.29 is 4.79 Å². The van der Waals surface area contributed by atoms with Crippen molar-refractivity contribution in [1.29, 1.82) is 0 Å². The number of hydrazone groups is 1. The molecular formula is C22H18ClN3OS2. The van der Waals surface area contributed by atoms with Crippen LogP contribution in [0.1, 0.15) is 45.4 Å². The molecule has 146 valence electrons. The van der Waals surface area contributed by atoms with E-state index in [0.29, 0.717) is 5.56 Å². The number of aromatic nitrogens is 1. The molecule has 1 fully saturated rings. The van der Waals surface area contributed by atoms with E-state index in [1.54, 1.807) is 46.0 Å². The van der Waals surface area contributed by atoms with Crippen LogP contribution in [-0.2, 0) is 0 Å². The summed E-state index contributed by atoms with van der Waals surface area (Å²) in [6.07, 6.45) is 6.92. The van der Waals surface area contributed by atoms with Crippen molar-refractivity contribution in [2.45, 2.75) is 25.3 Å². The second-order valence-corrected chi connectivity index (χ2v) is 9.44. The largest absolute Gasteiger partial charge is 0.277 e. The first-order valence-electron chi connectivity index (χ1n) is 9.53. The van der Waals surface area contributed by atoms with Crippen LogP contribution in [0, 0.1) is 5.92 Å². The van der Waals surface area contributed by atoms with E-state index in [9.17, 15) is 4.79 Å². The molecule has 7 heteroatoms. The van der Waals surface area contributed by atoms with E-state index >= 15 is 0 Å². The molecule has 3 aromatic heterocycles. The Kier molecular flexibility index (Phi) is 5.08. The summed E-state index contributed by atoms with van der Waals surface area (Å²) < 4.78 is 0. The van der Waals surface area contributed by atoms with Gasteiger partial charge in [-0.05, 0) is 65.9 Å². The average Bonchev–Trinajstić information content (AvgIpc) is 3.48. The number of hydrogen-bond acceptors (Lipinski definition) is 5. The first kappa shape index (κ1) is 18.7. The van der Waals surface area contributed by atoms with E-state index < -0.39 is 0 Å². The highest BCUT2D eigenvalue weighted by atomic mass is 35.5. The summed E-state index contributed by atoms with van der Waals surface area (Å²) in [5, 5.41) is 10.9. The van der Waals surface area contributed by atoms with Gasteiger partial charge >= 0.3 is 0 Å². The Labute approximate surface area is 182 Å². The minimum atomic E-state index is -0.195. The molecule has 3 aromatic rings. The van der Waals surface area contributed by atoms with Crippen molar-refractivity contribution in [2.24, 2.45) is 11.0 Å². The SMILES string of the molecule is O=C(c1cccnc1Cl)N1N=C2/C(=C\c3cccs3)CCCC2C1c1cccs1. The molecule has 5 rings (SSSR count). The lowest BCUT2D eigenvalue weighted by Gasteiger charge is -2.28. The molecule has 4 nitrogen and oxygen atoms in total. The van der Waals surface area contributed by atoms with Gasteiger partial charge in [0, 0.05) is 21.9 Å². The Morgan fingerprint density at radius 1 is 1.17 bits per heavy atom. The fourth-order valence-electron chi connectivity index (χ4n) is 4.12. The van der Waals surface area contributed by atoms with Crippen molar-refractivity contribution in [2.75, 3.05) is 0 Å². The minimum Gasteiger partial charge on any atom is -0.267 e. The fourth-order valence-corrected chi connectivity index (χ4v) is 5.88. The zero-order chi connectivity index (χ0) is 19.8. The molecule has 0 N–H and O–H groups in total. The zero-order valence-corrected chi connectivity index (χ0v) is 17.9. The molecule has 2 unspecified atom stereocenters. The summed E-state index contributed by atoms with van der Waals surface area (Å²) in [7, 11) is 0. The van der Waals surface area contributed by atoms with Crippen LogP contribution < -0.4 is 0 Å². The third kappa shape index (κ3) is 3.45. The Morgan fingerprint density at radius 3 is 2.79 bits per heavy atom. The molecule has 2 aliphatic rings. The third-order valence-electron chi connectivity index (χ3n) is 5.39. The van der Waals surface area contributed by atoms with Crippen molar-refractivity contribution in [3.8, 4) is 0 Å². The molecule has 29 heavy (non-hydrogen) atoms. The van der Waals surface area contributed by atoms with Crippen LogP contribution in [0.25, 0.3) is 6.08 Å². The number of rotatable bonds is 3. The average molecular weight is 440 g/mol. The van der Waals surface area contributed by atoms with Gasteiger partial charge in [0.1, 0.15) is 5.15 Å². The van der Waals surface area contributed by atoms with Gasteiger partial charge < -0.3 is 0 Å². The number of amides is 1. The molecule has 0 aromatic carbocycles. The number of allylic oxidation sites excluding steroid dienone is 1. The standard InChI is InChI=1S/C22H18ClN3OS2/c23-21-17(8-2-10-24-21)22(27)26-20(18-9-4-12-29-18)16-7-1-5-14(19(16)25-26)13-15-6-3-11-28-15/h2-4,6,8-13,16,20H,1,5,7H2/b14-13-. The van der Waals surface area contributed by atoms with E-state index in [2.05, 4.69) is 40.0 Å². The molecule has 1 aliphatic heterocycles. The topological polar surface area (TPSA) is 45.6 Å². The van der Waals surface area contributed by atoms with Crippen molar-refractivity contribution in [1.82, 2.24) is 9.99 Å². The van der Waals surface area contributed by atoms with Crippen molar-refractivity contribution in [3.63, 3.8) is 0 Å². The quantitative estimate of drug-likeness (QED) is 0.450. The van der Waals surface area contributed by atoms with Gasteiger partial charge in [-0.15, -0.1) is 22.7 Å². The van der Waals surface area contributed by atoms with Crippen LogP contribution in [0.3, 0.4) is 0 Å². The molecule has 0 saturated heterocycles. The molecule has 0 bridgehead atoms. The molecule has 0 radical (unpaired) electrons. The molecule has 1 amide bonds. The summed E-state index contributed by atoms with van der Waals surface area (Å²) in [6.45, 7) is 0. The lowest BCUT2D eigenvalue weighted by atomic mass is 9.79.